The third kappa shape index (κ3) is 1.69. The zero-order valence-electron chi connectivity index (χ0n) is 8.64. The van der Waals surface area contributed by atoms with E-state index in [1.54, 1.807) is 25.1 Å². The van der Waals surface area contributed by atoms with Crippen LogP contribution in [0.15, 0.2) is 39.7 Å². The van der Waals surface area contributed by atoms with Gasteiger partial charge in [-0.2, -0.15) is 0 Å². The third-order valence-electron chi connectivity index (χ3n) is 2.55. The molecule has 1 atom stereocenters. The highest BCUT2D eigenvalue weighted by Gasteiger charge is 2.14. The maximum Gasteiger partial charge on any atom is 0.310 e. The van der Waals surface area contributed by atoms with Gasteiger partial charge in [0, 0.05) is 6.07 Å². The van der Waals surface area contributed by atoms with Crippen LogP contribution in [0.4, 0.5) is 0 Å². The molecule has 0 bridgehead atoms. The summed E-state index contributed by atoms with van der Waals surface area (Å²) in [5, 5.41) is 9.29. The molecule has 1 aromatic heterocycles. The maximum absolute atomic E-state index is 11.5. The van der Waals surface area contributed by atoms with Gasteiger partial charge in [0.25, 0.3) is 0 Å². The van der Waals surface area contributed by atoms with Crippen molar-refractivity contribution < 1.29 is 14.3 Å². The maximum atomic E-state index is 11.5. The van der Waals surface area contributed by atoms with Crippen LogP contribution < -0.4 is 5.43 Å². The molecule has 0 saturated heterocycles. The van der Waals surface area contributed by atoms with E-state index in [2.05, 4.69) is 0 Å². The van der Waals surface area contributed by atoms with E-state index in [4.69, 9.17) is 9.52 Å². The molecule has 16 heavy (non-hydrogen) atoms. The van der Waals surface area contributed by atoms with Gasteiger partial charge in [0.2, 0.25) is 0 Å². The summed E-state index contributed by atoms with van der Waals surface area (Å²) in [5.74, 6) is -1.55. The van der Waals surface area contributed by atoms with E-state index >= 15 is 0 Å². The lowest BCUT2D eigenvalue weighted by atomic mass is 10.00. The van der Waals surface area contributed by atoms with Crippen LogP contribution in [0, 0.1) is 0 Å². The molecule has 0 aliphatic carbocycles. The Kier molecular flexibility index (Phi) is 2.48. The monoisotopic (exact) mass is 218 g/mol. The number of hydrogen-bond donors (Lipinski definition) is 1. The molecular formula is C12H10O4. The SMILES string of the molecule is CC(C(=O)O)c1ccc2occc(=O)c2c1. The standard InChI is InChI=1S/C12H10O4/c1-7(12(14)15)8-2-3-11-9(6-8)10(13)4-5-16-11/h2-7H,1H3,(H,14,15). The Labute approximate surface area is 91.1 Å². The second-order valence-corrected chi connectivity index (χ2v) is 3.60. The van der Waals surface area contributed by atoms with Crippen LogP contribution in [0.1, 0.15) is 18.4 Å². The van der Waals surface area contributed by atoms with Gasteiger partial charge >= 0.3 is 5.97 Å². The van der Waals surface area contributed by atoms with Crippen molar-refractivity contribution in [2.75, 3.05) is 0 Å². The topological polar surface area (TPSA) is 67.5 Å². The number of fused-ring (bicyclic) bond motifs is 1. The molecule has 4 nitrogen and oxygen atoms in total. The number of rotatable bonds is 2. The van der Waals surface area contributed by atoms with Gasteiger partial charge in [0.05, 0.1) is 17.6 Å². The summed E-state index contributed by atoms with van der Waals surface area (Å²) in [7, 11) is 0. The first-order valence-corrected chi connectivity index (χ1v) is 4.84. The van der Waals surface area contributed by atoms with Crippen molar-refractivity contribution >= 4 is 16.9 Å². The molecule has 1 heterocycles. The van der Waals surface area contributed by atoms with E-state index in [0.717, 1.165) is 0 Å². The number of carbonyl (C=O) groups is 1. The van der Waals surface area contributed by atoms with E-state index in [0.29, 0.717) is 16.5 Å². The quantitative estimate of drug-likeness (QED) is 0.836. The van der Waals surface area contributed by atoms with Crippen LogP contribution in [0.3, 0.4) is 0 Å². The molecule has 4 heteroatoms. The number of carboxylic acid groups (broad SMARTS) is 1. The predicted molar refractivity (Wildman–Crippen MR) is 58.5 cm³/mol. The smallest absolute Gasteiger partial charge is 0.310 e. The Hall–Kier alpha value is -2.10. The van der Waals surface area contributed by atoms with Gasteiger partial charge in [-0.25, -0.2) is 0 Å². The lowest BCUT2D eigenvalue weighted by Gasteiger charge is -2.06. The van der Waals surface area contributed by atoms with Gasteiger partial charge < -0.3 is 9.52 Å². The molecular weight excluding hydrogens is 208 g/mol. The molecule has 0 saturated carbocycles. The fourth-order valence-electron chi connectivity index (χ4n) is 1.51. The molecule has 0 aliphatic rings. The summed E-state index contributed by atoms with van der Waals surface area (Å²) in [5.41, 5.74) is 0.896. The van der Waals surface area contributed by atoms with Crippen LogP contribution in [-0.4, -0.2) is 11.1 Å². The molecule has 1 aromatic carbocycles. The molecule has 1 unspecified atom stereocenters. The summed E-state index contributed by atoms with van der Waals surface area (Å²) in [6, 6.07) is 6.16. The number of carboxylic acids is 1. The van der Waals surface area contributed by atoms with Crippen molar-refractivity contribution in [1.29, 1.82) is 0 Å². The average molecular weight is 218 g/mol. The molecule has 0 aliphatic heterocycles. The Morgan fingerprint density at radius 3 is 2.81 bits per heavy atom. The minimum absolute atomic E-state index is 0.166. The minimum atomic E-state index is -0.917. The zero-order valence-corrected chi connectivity index (χ0v) is 8.64. The van der Waals surface area contributed by atoms with Crippen molar-refractivity contribution in [3.05, 3.63) is 46.3 Å². The van der Waals surface area contributed by atoms with E-state index in [1.165, 1.54) is 12.3 Å². The fourth-order valence-corrected chi connectivity index (χ4v) is 1.51. The van der Waals surface area contributed by atoms with Crippen LogP contribution in [0.5, 0.6) is 0 Å². The lowest BCUT2D eigenvalue weighted by molar-refractivity contribution is -0.138. The Balaban J connectivity index is 2.64. The van der Waals surface area contributed by atoms with Crippen LogP contribution in [0.2, 0.25) is 0 Å². The van der Waals surface area contributed by atoms with E-state index < -0.39 is 11.9 Å². The van der Waals surface area contributed by atoms with Gasteiger partial charge in [-0.3, -0.25) is 9.59 Å². The van der Waals surface area contributed by atoms with E-state index in [9.17, 15) is 9.59 Å². The van der Waals surface area contributed by atoms with Gasteiger partial charge in [0.15, 0.2) is 5.43 Å². The number of aliphatic carboxylic acids is 1. The highest BCUT2D eigenvalue weighted by Crippen LogP contribution is 2.19. The van der Waals surface area contributed by atoms with Crippen molar-refractivity contribution in [1.82, 2.24) is 0 Å². The first kappa shape index (κ1) is 10.4. The second kappa shape index (κ2) is 3.81. The highest BCUT2D eigenvalue weighted by molar-refractivity contribution is 5.81. The summed E-state index contributed by atoms with van der Waals surface area (Å²) in [6.07, 6.45) is 1.32. The lowest BCUT2D eigenvalue weighted by Crippen LogP contribution is -2.08. The Morgan fingerprint density at radius 1 is 1.38 bits per heavy atom. The minimum Gasteiger partial charge on any atom is -0.481 e. The van der Waals surface area contributed by atoms with Crippen molar-refractivity contribution in [3.63, 3.8) is 0 Å². The van der Waals surface area contributed by atoms with E-state index in [1.807, 2.05) is 0 Å². The number of benzene rings is 1. The first-order valence-electron chi connectivity index (χ1n) is 4.84. The fraction of sp³-hybridized carbons (Fsp3) is 0.167. The van der Waals surface area contributed by atoms with Crippen LogP contribution in [-0.2, 0) is 4.79 Å². The Bertz CT molecular complexity index is 597. The normalized spacial score (nSPS) is 12.6. The summed E-state index contributed by atoms with van der Waals surface area (Å²) < 4.78 is 5.14. The molecule has 0 spiro atoms. The molecule has 2 aromatic rings. The zero-order chi connectivity index (χ0) is 11.7. The molecule has 82 valence electrons. The molecule has 1 N–H and O–H groups in total. The first-order chi connectivity index (χ1) is 7.59. The van der Waals surface area contributed by atoms with Gasteiger partial charge in [-0.15, -0.1) is 0 Å². The predicted octanol–water partition coefficient (Wildman–Crippen LogP) is 1.98. The van der Waals surface area contributed by atoms with Crippen molar-refractivity contribution in [3.8, 4) is 0 Å². The highest BCUT2D eigenvalue weighted by atomic mass is 16.4. The molecule has 2 rings (SSSR count). The Morgan fingerprint density at radius 2 is 2.12 bits per heavy atom. The van der Waals surface area contributed by atoms with Crippen LogP contribution in [0.25, 0.3) is 11.0 Å². The largest absolute Gasteiger partial charge is 0.481 e. The van der Waals surface area contributed by atoms with Gasteiger partial charge in [0.1, 0.15) is 5.58 Å². The van der Waals surface area contributed by atoms with Crippen molar-refractivity contribution in [2.45, 2.75) is 12.8 Å². The van der Waals surface area contributed by atoms with E-state index in [-0.39, 0.29) is 5.43 Å². The van der Waals surface area contributed by atoms with Gasteiger partial charge in [-0.1, -0.05) is 6.07 Å². The van der Waals surface area contributed by atoms with Crippen molar-refractivity contribution in [2.24, 2.45) is 0 Å². The summed E-state index contributed by atoms with van der Waals surface area (Å²) in [4.78, 5) is 22.3. The summed E-state index contributed by atoms with van der Waals surface area (Å²) >= 11 is 0. The third-order valence-corrected chi connectivity index (χ3v) is 2.55. The van der Waals surface area contributed by atoms with Gasteiger partial charge in [-0.05, 0) is 24.6 Å². The summed E-state index contributed by atoms with van der Waals surface area (Å²) in [6.45, 7) is 1.58. The average Bonchev–Trinajstić information content (AvgIpc) is 2.28. The molecule has 0 radical (unpaired) electrons. The van der Waals surface area contributed by atoms with Crippen LogP contribution >= 0.6 is 0 Å². The number of hydrogen-bond acceptors (Lipinski definition) is 3. The molecule has 0 amide bonds. The second-order valence-electron chi connectivity index (χ2n) is 3.60. The molecule has 0 fully saturated rings.